The lowest BCUT2D eigenvalue weighted by atomic mass is 9.83. The van der Waals surface area contributed by atoms with E-state index in [9.17, 15) is 18.5 Å². The number of anilines is 3. The van der Waals surface area contributed by atoms with Crippen LogP contribution in [0.5, 0.6) is 0 Å². The summed E-state index contributed by atoms with van der Waals surface area (Å²) in [5, 5.41) is 20.4. The molecule has 1 aliphatic heterocycles. The molecular weight excluding hydrogens is 791 g/mol. The van der Waals surface area contributed by atoms with E-state index in [1.807, 2.05) is 62.6 Å². The zero-order chi connectivity index (χ0) is 40.7. The maximum absolute atomic E-state index is 13.8. The van der Waals surface area contributed by atoms with E-state index in [2.05, 4.69) is 70.9 Å². The van der Waals surface area contributed by atoms with Crippen LogP contribution in [0.4, 0.5) is 22.9 Å². The number of hydrogen-bond acceptors (Lipinski definition) is 12. The second kappa shape index (κ2) is 18.2. The first-order valence-corrected chi connectivity index (χ1v) is 22.5. The molecule has 7 rings (SSSR count). The van der Waals surface area contributed by atoms with Crippen LogP contribution in [0.25, 0.3) is 22.0 Å². The summed E-state index contributed by atoms with van der Waals surface area (Å²) < 4.78 is 36.4. The Morgan fingerprint density at radius 3 is 2.50 bits per heavy atom. The number of thiophene rings is 1. The Bertz CT molecular complexity index is 2440. The van der Waals surface area contributed by atoms with Crippen LogP contribution in [-0.2, 0) is 21.2 Å². The van der Waals surface area contributed by atoms with Gasteiger partial charge in [-0.3, -0.25) is 14.8 Å². The van der Waals surface area contributed by atoms with Gasteiger partial charge in [0, 0.05) is 60.5 Å². The van der Waals surface area contributed by atoms with Crippen LogP contribution in [0, 0.1) is 10.1 Å². The van der Waals surface area contributed by atoms with Gasteiger partial charge < -0.3 is 19.9 Å². The SMILES string of the molecule is COC1(Cc2ccccc2-c2ccsc2)CCN(c2ccc3c(NS(=O)(=O)c4ccc(N[C@H](CCN(C)C)CSc5ccccc5)c([N+](=O)[O-])c4)ncnc3c2)CC1. The molecule has 58 heavy (non-hydrogen) atoms. The molecule has 4 aromatic carbocycles. The van der Waals surface area contributed by atoms with Crippen LogP contribution in [0.1, 0.15) is 24.8 Å². The number of hydrogen-bond donors (Lipinski definition) is 2. The number of thioether (sulfide) groups is 1. The lowest BCUT2D eigenvalue weighted by Crippen LogP contribution is -2.47. The molecule has 12 nitrogen and oxygen atoms in total. The first kappa shape index (κ1) is 41.1. The quantitative estimate of drug-likeness (QED) is 0.0517. The molecule has 2 N–H and O–H groups in total. The molecule has 0 unspecified atom stereocenters. The van der Waals surface area contributed by atoms with Crippen molar-refractivity contribution in [2.24, 2.45) is 0 Å². The van der Waals surface area contributed by atoms with Gasteiger partial charge in [-0.25, -0.2) is 18.4 Å². The first-order chi connectivity index (χ1) is 28.0. The Morgan fingerprint density at radius 2 is 1.78 bits per heavy atom. The second-order valence-electron chi connectivity index (χ2n) is 14.7. The Kier molecular flexibility index (Phi) is 12.9. The highest BCUT2D eigenvalue weighted by molar-refractivity contribution is 7.99. The van der Waals surface area contributed by atoms with Gasteiger partial charge in [-0.15, -0.1) is 11.8 Å². The average Bonchev–Trinajstić information content (AvgIpc) is 3.77. The summed E-state index contributed by atoms with van der Waals surface area (Å²) in [6.45, 7) is 2.32. The van der Waals surface area contributed by atoms with Crippen molar-refractivity contribution >= 4 is 66.9 Å². The molecule has 0 saturated carbocycles. The van der Waals surface area contributed by atoms with E-state index >= 15 is 0 Å². The third-order valence-corrected chi connectivity index (χ3v) is 13.8. The molecular formula is C43H47N7O5S3. The highest BCUT2D eigenvalue weighted by Crippen LogP contribution is 2.37. The van der Waals surface area contributed by atoms with Crippen LogP contribution in [-0.4, -0.2) is 86.4 Å². The molecule has 0 bridgehead atoms. The van der Waals surface area contributed by atoms with Crippen molar-refractivity contribution in [3.05, 3.63) is 130 Å². The normalized spacial score (nSPS) is 14.7. The largest absolute Gasteiger partial charge is 0.378 e. The topological polar surface area (TPSA) is 143 Å². The Hall–Kier alpha value is -5.06. The van der Waals surface area contributed by atoms with Gasteiger partial charge in [0.25, 0.3) is 15.7 Å². The number of nitro benzene ring substituents is 1. The molecule has 0 radical (unpaired) electrons. The van der Waals surface area contributed by atoms with Gasteiger partial charge in [-0.1, -0.05) is 42.5 Å². The Morgan fingerprint density at radius 1 is 1.00 bits per heavy atom. The van der Waals surface area contributed by atoms with E-state index in [1.54, 1.807) is 30.2 Å². The number of sulfonamides is 1. The number of piperidine rings is 1. The van der Waals surface area contributed by atoms with Crippen molar-refractivity contribution in [2.45, 2.75) is 47.1 Å². The van der Waals surface area contributed by atoms with Gasteiger partial charge in [-0.05, 0) is 116 Å². The van der Waals surface area contributed by atoms with Gasteiger partial charge in [0.2, 0.25) is 0 Å². The van der Waals surface area contributed by atoms with Crippen LogP contribution in [0.15, 0.2) is 124 Å². The lowest BCUT2D eigenvalue weighted by Gasteiger charge is -2.42. The molecule has 1 atom stereocenters. The minimum absolute atomic E-state index is 0.0874. The van der Waals surface area contributed by atoms with Crippen LogP contribution >= 0.6 is 23.1 Å². The fourth-order valence-electron chi connectivity index (χ4n) is 7.35. The van der Waals surface area contributed by atoms with E-state index in [4.69, 9.17) is 4.74 Å². The van der Waals surface area contributed by atoms with Gasteiger partial charge in [0.15, 0.2) is 5.82 Å². The maximum atomic E-state index is 13.8. The zero-order valence-electron chi connectivity index (χ0n) is 32.7. The number of nitro groups is 1. The van der Waals surface area contributed by atoms with Crippen molar-refractivity contribution in [1.82, 2.24) is 14.9 Å². The molecule has 1 saturated heterocycles. The van der Waals surface area contributed by atoms with E-state index in [0.717, 1.165) is 62.0 Å². The average molecular weight is 838 g/mol. The van der Waals surface area contributed by atoms with Crippen molar-refractivity contribution in [1.29, 1.82) is 0 Å². The van der Waals surface area contributed by atoms with Gasteiger partial charge >= 0.3 is 0 Å². The molecule has 1 aliphatic rings. The van der Waals surface area contributed by atoms with E-state index in [-0.39, 0.29) is 33.7 Å². The third-order valence-electron chi connectivity index (χ3n) is 10.6. The third kappa shape index (κ3) is 9.79. The summed E-state index contributed by atoms with van der Waals surface area (Å²) in [5.74, 6) is 0.750. The highest BCUT2D eigenvalue weighted by atomic mass is 32.2. The summed E-state index contributed by atoms with van der Waals surface area (Å²) in [5.41, 5.74) is 4.90. The molecule has 0 aliphatic carbocycles. The number of benzene rings is 4. The minimum Gasteiger partial charge on any atom is -0.378 e. The van der Waals surface area contributed by atoms with E-state index < -0.39 is 14.9 Å². The van der Waals surface area contributed by atoms with Crippen molar-refractivity contribution in [3.8, 4) is 11.1 Å². The molecule has 0 amide bonds. The predicted molar refractivity (Wildman–Crippen MR) is 236 cm³/mol. The fourth-order valence-corrected chi connectivity index (χ4v) is 10.1. The fraction of sp³-hybridized carbons (Fsp3) is 0.302. The number of ether oxygens (including phenoxy) is 1. The first-order valence-electron chi connectivity index (χ1n) is 19.1. The number of nitrogens with one attached hydrogen (secondary N) is 2. The number of fused-ring (bicyclic) bond motifs is 1. The Labute approximate surface area is 347 Å². The van der Waals surface area contributed by atoms with Crippen molar-refractivity contribution < 1.29 is 18.1 Å². The summed E-state index contributed by atoms with van der Waals surface area (Å²) in [4.78, 5) is 25.7. The smallest absolute Gasteiger partial charge is 0.293 e. The predicted octanol–water partition coefficient (Wildman–Crippen LogP) is 8.82. The van der Waals surface area contributed by atoms with Crippen LogP contribution in [0.3, 0.4) is 0 Å². The monoisotopic (exact) mass is 837 g/mol. The molecule has 0 spiro atoms. The maximum Gasteiger partial charge on any atom is 0.293 e. The molecule has 6 aromatic rings. The zero-order valence-corrected chi connectivity index (χ0v) is 35.2. The minimum atomic E-state index is -4.27. The standard InChI is InChI=1S/C43H47N7O5S3/c1-48(2)21-17-33(29-57-35-10-5-4-6-11-35)46-39-16-14-36(26-41(39)50(51)52)58(53,54)47-42-38-15-13-34(25-40(38)44-30-45-42)49-22-19-43(55-3,20-23-49)27-31-9-7-8-12-37(31)32-18-24-56-28-32/h4-16,18,24-26,28,30,33,46H,17,19-23,27,29H2,1-3H3,(H,44,45,47)/t33-/m1/s1. The molecule has 3 heterocycles. The van der Waals surface area contributed by atoms with Crippen molar-refractivity contribution in [2.75, 3.05) is 61.5 Å². The number of rotatable bonds is 17. The van der Waals surface area contributed by atoms with Crippen LogP contribution < -0.4 is 14.9 Å². The second-order valence-corrected chi connectivity index (χ2v) is 18.3. The summed E-state index contributed by atoms with van der Waals surface area (Å²) in [7, 11) is 1.49. The number of methoxy groups -OCH3 is 1. The summed E-state index contributed by atoms with van der Waals surface area (Å²) in [6, 6.07) is 30.2. The summed E-state index contributed by atoms with van der Waals surface area (Å²) in [6.07, 6.45) is 4.52. The number of nitrogens with zero attached hydrogens (tertiary/aromatic N) is 5. The lowest BCUT2D eigenvalue weighted by molar-refractivity contribution is -0.384. The Balaban J connectivity index is 1.05. The van der Waals surface area contributed by atoms with Gasteiger partial charge in [-0.2, -0.15) is 11.3 Å². The highest BCUT2D eigenvalue weighted by Gasteiger charge is 2.36. The molecule has 302 valence electrons. The molecule has 15 heteroatoms. The van der Waals surface area contributed by atoms with E-state index in [0.29, 0.717) is 16.7 Å². The molecule has 2 aromatic heterocycles. The van der Waals surface area contributed by atoms with Gasteiger partial charge in [0.05, 0.1) is 20.9 Å². The summed E-state index contributed by atoms with van der Waals surface area (Å²) >= 11 is 3.35. The van der Waals surface area contributed by atoms with Crippen LogP contribution in [0.2, 0.25) is 0 Å². The number of aromatic nitrogens is 2. The van der Waals surface area contributed by atoms with Crippen molar-refractivity contribution in [3.63, 3.8) is 0 Å². The molecule has 1 fully saturated rings. The van der Waals surface area contributed by atoms with Gasteiger partial charge in [0.1, 0.15) is 12.0 Å². The van der Waals surface area contributed by atoms with E-state index in [1.165, 1.54) is 35.2 Å².